The molecule has 4 nitrogen and oxygen atoms in total. The van der Waals surface area contributed by atoms with Gasteiger partial charge in [-0.15, -0.1) is 0 Å². The molecule has 0 atom stereocenters. The second kappa shape index (κ2) is 5.82. The molecule has 104 valence electrons. The molecule has 0 spiro atoms. The number of hydrogen-bond donors (Lipinski definition) is 1. The summed E-state index contributed by atoms with van der Waals surface area (Å²) in [5.74, 6) is 1.70. The lowest BCUT2D eigenvalue weighted by molar-refractivity contribution is 0.171. The SMILES string of the molecule is Cc1cnccc1NCCc1ccc2c(c1)OCCO2. The predicted molar refractivity (Wildman–Crippen MR) is 78.6 cm³/mol. The van der Waals surface area contributed by atoms with Gasteiger partial charge < -0.3 is 14.8 Å². The van der Waals surface area contributed by atoms with Crippen LogP contribution >= 0.6 is 0 Å². The topological polar surface area (TPSA) is 43.4 Å². The summed E-state index contributed by atoms with van der Waals surface area (Å²) in [5, 5.41) is 3.43. The number of hydrogen-bond acceptors (Lipinski definition) is 4. The molecule has 0 saturated heterocycles. The smallest absolute Gasteiger partial charge is 0.161 e. The van der Waals surface area contributed by atoms with Crippen molar-refractivity contribution >= 4 is 5.69 Å². The third kappa shape index (κ3) is 2.85. The van der Waals surface area contributed by atoms with Crippen molar-refractivity contribution in [3.8, 4) is 11.5 Å². The number of ether oxygens (including phenoxy) is 2. The van der Waals surface area contributed by atoms with Crippen molar-refractivity contribution in [2.75, 3.05) is 25.1 Å². The fourth-order valence-corrected chi connectivity index (χ4v) is 2.26. The van der Waals surface area contributed by atoms with E-state index in [0.29, 0.717) is 13.2 Å². The quantitative estimate of drug-likeness (QED) is 0.927. The molecule has 1 aliphatic heterocycles. The number of benzene rings is 1. The fraction of sp³-hybridized carbons (Fsp3) is 0.312. The highest BCUT2D eigenvalue weighted by Gasteiger charge is 2.11. The van der Waals surface area contributed by atoms with E-state index in [1.165, 1.54) is 5.56 Å². The molecule has 2 aromatic rings. The van der Waals surface area contributed by atoms with E-state index in [4.69, 9.17) is 9.47 Å². The lowest BCUT2D eigenvalue weighted by Crippen LogP contribution is -2.15. The summed E-state index contributed by atoms with van der Waals surface area (Å²) in [4.78, 5) is 4.09. The van der Waals surface area contributed by atoms with Gasteiger partial charge in [0, 0.05) is 24.6 Å². The van der Waals surface area contributed by atoms with Crippen molar-refractivity contribution in [3.05, 3.63) is 47.8 Å². The Morgan fingerprint density at radius 2 is 2.00 bits per heavy atom. The highest BCUT2D eigenvalue weighted by Crippen LogP contribution is 2.30. The zero-order valence-corrected chi connectivity index (χ0v) is 11.6. The standard InChI is InChI=1S/C16H18N2O2/c1-12-11-17-6-5-14(12)18-7-4-13-2-3-15-16(10-13)20-9-8-19-15/h2-3,5-6,10-11H,4,7-9H2,1H3,(H,17,18). The van der Waals surface area contributed by atoms with Crippen LogP contribution in [0.25, 0.3) is 0 Å². The van der Waals surface area contributed by atoms with Gasteiger partial charge in [0.2, 0.25) is 0 Å². The Kier molecular flexibility index (Phi) is 3.72. The fourth-order valence-electron chi connectivity index (χ4n) is 2.26. The molecule has 0 amide bonds. The number of rotatable bonds is 4. The van der Waals surface area contributed by atoms with E-state index in [1.807, 2.05) is 18.3 Å². The number of nitrogens with one attached hydrogen (secondary N) is 1. The maximum Gasteiger partial charge on any atom is 0.161 e. The third-order valence-electron chi connectivity index (χ3n) is 3.36. The van der Waals surface area contributed by atoms with Crippen LogP contribution in [0.2, 0.25) is 0 Å². The van der Waals surface area contributed by atoms with Crippen LogP contribution in [-0.4, -0.2) is 24.7 Å². The maximum atomic E-state index is 5.59. The first-order valence-corrected chi connectivity index (χ1v) is 6.86. The second-order valence-electron chi connectivity index (χ2n) is 4.85. The van der Waals surface area contributed by atoms with Gasteiger partial charge in [-0.2, -0.15) is 0 Å². The monoisotopic (exact) mass is 270 g/mol. The third-order valence-corrected chi connectivity index (χ3v) is 3.36. The van der Waals surface area contributed by atoms with Gasteiger partial charge in [0.15, 0.2) is 11.5 Å². The van der Waals surface area contributed by atoms with E-state index in [1.54, 1.807) is 6.20 Å². The molecule has 1 aromatic heterocycles. The molecular weight excluding hydrogens is 252 g/mol. The minimum Gasteiger partial charge on any atom is -0.486 e. The normalized spacial score (nSPS) is 13.1. The predicted octanol–water partition coefficient (Wildman–Crippen LogP) is 2.82. The number of anilines is 1. The van der Waals surface area contributed by atoms with E-state index in [0.717, 1.165) is 35.7 Å². The lowest BCUT2D eigenvalue weighted by atomic mass is 10.1. The van der Waals surface area contributed by atoms with Crippen LogP contribution in [0.3, 0.4) is 0 Å². The summed E-state index contributed by atoms with van der Waals surface area (Å²) in [7, 11) is 0. The Morgan fingerprint density at radius 1 is 1.15 bits per heavy atom. The molecule has 0 unspecified atom stereocenters. The number of nitrogens with zero attached hydrogens (tertiary/aromatic N) is 1. The zero-order valence-electron chi connectivity index (χ0n) is 11.6. The summed E-state index contributed by atoms with van der Waals surface area (Å²) in [5.41, 5.74) is 3.54. The van der Waals surface area contributed by atoms with Gasteiger partial charge in [-0.1, -0.05) is 6.07 Å². The first kappa shape index (κ1) is 12.8. The van der Waals surface area contributed by atoms with Crippen molar-refractivity contribution in [3.63, 3.8) is 0 Å². The number of pyridine rings is 1. The molecule has 20 heavy (non-hydrogen) atoms. The van der Waals surface area contributed by atoms with Crippen LogP contribution in [-0.2, 0) is 6.42 Å². The summed E-state index contributed by atoms with van der Waals surface area (Å²) >= 11 is 0. The van der Waals surface area contributed by atoms with Gasteiger partial charge >= 0.3 is 0 Å². The summed E-state index contributed by atoms with van der Waals surface area (Å²) in [6.45, 7) is 4.20. The summed E-state index contributed by atoms with van der Waals surface area (Å²) in [6, 6.07) is 8.14. The van der Waals surface area contributed by atoms with Crippen molar-refractivity contribution < 1.29 is 9.47 Å². The average molecular weight is 270 g/mol. The highest BCUT2D eigenvalue weighted by molar-refractivity contribution is 5.49. The molecular formula is C16H18N2O2. The van der Waals surface area contributed by atoms with Gasteiger partial charge in [0.05, 0.1) is 0 Å². The van der Waals surface area contributed by atoms with Crippen molar-refractivity contribution in [1.29, 1.82) is 0 Å². The van der Waals surface area contributed by atoms with Crippen LogP contribution in [0, 0.1) is 6.92 Å². The maximum absolute atomic E-state index is 5.59. The minimum absolute atomic E-state index is 0.630. The first-order chi connectivity index (χ1) is 9.83. The molecule has 0 radical (unpaired) electrons. The van der Waals surface area contributed by atoms with Crippen molar-refractivity contribution in [1.82, 2.24) is 4.98 Å². The van der Waals surface area contributed by atoms with Crippen LogP contribution in [0.1, 0.15) is 11.1 Å². The largest absolute Gasteiger partial charge is 0.486 e. The van der Waals surface area contributed by atoms with Gasteiger partial charge in [-0.3, -0.25) is 4.98 Å². The summed E-state index contributed by atoms with van der Waals surface area (Å²) in [6.07, 6.45) is 4.62. The van der Waals surface area contributed by atoms with E-state index in [2.05, 4.69) is 29.4 Å². The van der Waals surface area contributed by atoms with Crippen LogP contribution < -0.4 is 14.8 Å². The molecule has 3 rings (SSSR count). The van der Waals surface area contributed by atoms with Crippen molar-refractivity contribution in [2.45, 2.75) is 13.3 Å². The molecule has 0 aliphatic carbocycles. The molecule has 4 heteroatoms. The molecule has 2 heterocycles. The van der Waals surface area contributed by atoms with Crippen molar-refractivity contribution in [2.24, 2.45) is 0 Å². The van der Waals surface area contributed by atoms with Gasteiger partial charge in [-0.05, 0) is 42.7 Å². The first-order valence-electron chi connectivity index (χ1n) is 6.86. The Balaban J connectivity index is 1.60. The number of aromatic nitrogens is 1. The molecule has 1 aliphatic rings. The molecule has 0 bridgehead atoms. The van der Waals surface area contributed by atoms with Crippen LogP contribution in [0.5, 0.6) is 11.5 Å². The molecule has 1 aromatic carbocycles. The number of aryl methyl sites for hydroxylation is 1. The highest BCUT2D eigenvalue weighted by atomic mass is 16.6. The van der Waals surface area contributed by atoms with E-state index < -0.39 is 0 Å². The van der Waals surface area contributed by atoms with E-state index >= 15 is 0 Å². The van der Waals surface area contributed by atoms with Crippen LogP contribution in [0.15, 0.2) is 36.7 Å². The van der Waals surface area contributed by atoms with Gasteiger partial charge in [-0.25, -0.2) is 0 Å². The van der Waals surface area contributed by atoms with E-state index in [9.17, 15) is 0 Å². The summed E-state index contributed by atoms with van der Waals surface area (Å²) < 4.78 is 11.1. The van der Waals surface area contributed by atoms with Gasteiger partial charge in [0.25, 0.3) is 0 Å². The van der Waals surface area contributed by atoms with Crippen LogP contribution in [0.4, 0.5) is 5.69 Å². The minimum atomic E-state index is 0.630. The number of fused-ring (bicyclic) bond motifs is 1. The molecule has 0 fully saturated rings. The van der Waals surface area contributed by atoms with Gasteiger partial charge in [0.1, 0.15) is 13.2 Å². The Morgan fingerprint density at radius 3 is 2.85 bits per heavy atom. The Labute approximate surface area is 118 Å². The Bertz CT molecular complexity index is 599. The lowest BCUT2D eigenvalue weighted by Gasteiger charge is -2.19. The zero-order chi connectivity index (χ0) is 13.8. The molecule has 1 N–H and O–H groups in total. The molecule has 0 saturated carbocycles. The average Bonchev–Trinajstić information content (AvgIpc) is 2.49. The Hall–Kier alpha value is -2.23. The van der Waals surface area contributed by atoms with E-state index in [-0.39, 0.29) is 0 Å². The second-order valence-corrected chi connectivity index (χ2v) is 4.85.